The van der Waals surface area contributed by atoms with Gasteiger partial charge in [0.15, 0.2) is 0 Å². The Morgan fingerprint density at radius 3 is 2.52 bits per heavy atom. The molecule has 1 amide bonds. The molecule has 2 aromatic rings. The van der Waals surface area contributed by atoms with Crippen LogP contribution in [0, 0.1) is 0 Å². The standard InChI is InChI=1S/C16H14F3NO2S/c1-23(22)10-12-5-2-3-8-14(12)20-15(21)11-6-4-7-13(9-11)16(17,18)19/h2-9H,10H2,1H3,(H,20,21). The molecule has 2 rings (SSSR count). The largest absolute Gasteiger partial charge is 0.616 e. The lowest BCUT2D eigenvalue weighted by atomic mass is 10.1. The van der Waals surface area contributed by atoms with Gasteiger partial charge in [-0.25, -0.2) is 0 Å². The van der Waals surface area contributed by atoms with Gasteiger partial charge in [-0.05, 0) is 24.3 Å². The van der Waals surface area contributed by atoms with E-state index in [1.54, 1.807) is 24.3 Å². The number of nitrogens with one attached hydrogen (secondary N) is 1. The first-order valence-electron chi connectivity index (χ1n) is 6.64. The maximum absolute atomic E-state index is 12.7. The van der Waals surface area contributed by atoms with Crippen LogP contribution in [0.15, 0.2) is 48.5 Å². The molecule has 7 heteroatoms. The number of carbonyl (C=O) groups is 1. The van der Waals surface area contributed by atoms with Crippen LogP contribution in [0.4, 0.5) is 18.9 Å². The first kappa shape index (κ1) is 17.4. The van der Waals surface area contributed by atoms with Crippen molar-refractivity contribution in [1.29, 1.82) is 0 Å². The summed E-state index contributed by atoms with van der Waals surface area (Å²) in [6, 6.07) is 11.0. The highest BCUT2D eigenvalue weighted by molar-refractivity contribution is 7.89. The molecule has 0 heterocycles. The Hall–Kier alpha value is -1.99. The summed E-state index contributed by atoms with van der Waals surface area (Å²) in [6.45, 7) is 0. The molecule has 1 N–H and O–H groups in total. The van der Waals surface area contributed by atoms with Crippen molar-refractivity contribution in [3.8, 4) is 0 Å². The normalized spacial score (nSPS) is 12.7. The van der Waals surface area contributed by atoms with Gasteiger partial charge in [0.05, 0.1) is 11.8 Å². The summed E-state index contributed by atoms with van der Waals surface area (Å²) in [6.07, 6.45) is -2.97. The second-order valence-corrected chi connectivity index (χ2v) is 6.34. The molecule has 3 nitrogen and oxygen atoms in total. The van der Waals surface area contributed by atoms with Gasteiger partial charge in [-0.2, -0.15) is 13.2 Å². The average molecular weight is 341 g/mol. The minimum absolute atomic E-state index is 0.0905. The molecular weight excluding hydrogens is 327 g/mol. The molecule has 0 saturated heterocycles. The number of para-hydroxylation sites is 1. The Kier molecular flexibility index (Phi) is 5.33. The number of anilines is 1. The van der Waals surface area contributed by atoms with Crippen LogP contribution in [-0.4, -0.2) is 16.7 Å². The molecule has 0 aliphatic heterocycles. The van der Waals surface area contributed by atoms with E-state index in [0.29, 0.717) is 11.3 Å². The van der Waals surface area contributed by atoms with E-state index in [1.807, 2.05) is 0 Å². The summed E-state index contributed by atoms with van der Waals surface area (Å²) in [5, 5.41) is 2.57. The summed E-state index contributed by atoms with van der Waals surface area (Å²) >= 11 is -1.10. The van der Waals surface area contributed by atoms with Gasteiger partial charge in [0.1, 0.15) is 5.75 Å². The van der Waals surface area contributed by atoms with Gasteiger partial charge in [0, 0.05) is 16.8 Å². The van der Waals surface area contributed by atoms with Crippen LogP contribution in [0.1, 0.15) is 21.5 Å². The molecule has 1 atom stereocenters. The molecule has 0 fully saturated rings. The maximum Gasteiger partial charge on any atom is 0.416 e. The molecule has 122 valence electrons. The molecule has 0 radical (unpaired) electrons. The summed E-state index contributed by atoms with van der Waals surface area (Å²) in [5.41, 5.74) is 0.124. The van der Waals surface area contributed by atoms with Crippen LogP contribution in [0.5, 0.6) is 0 Å². The predicted molar refractivity (Wildman–Crippen MR) is 83.6 cm³/mol. The third kappa shape index (κ3) is 4.74. The summed E-state index contributed by atoms with van der Waals surface area (Å²) in [4.78, 5) is 12.2. The predicted octanol–water partition coefficient (Wildman–Crippen LogP) is 3.84. The van der Waals surface area contributed by atoms with Crippen LogP contribution in [0.3, 0.4) is 0 Å². The number of hydrogen-bond acceptors (Lipinski definition) is 2. The molecule has 0 aliphatic rings. The summed E-state index contributed by atoms with van der Waals surface area (Å²) in [7, 11) is 0. The number of hydrogen-bond donors (Lipinski definition) is 1. The number of alkyl halides is 3. The van der Waals surface area contributed by atoms with Crippen molar-refractivity contribution in [1.82, 2.24) is 0 Å². The third-order valence-corrected chi connectivity index (χ3v) is 3.79. The molecular formula is C16H14F3NO2S. The van der Waals surface area contributed by atoms with Gasteiger partial charge in [-0.15, -0.1) is 0 Å². The first-order valence-corrected chi connectivity index (χ1v) is 8.36. The summed E-state index contributed by atoms with van der Waals surface area (Å²) < 4.78 is 49.5. The lowest BCUT2D eigenvalue weighted by Crippen LogP contribution is -2.15. The van der Waals surface area contributed by atoms with Crippen molar-refractivity contribution in [2.75, 3.05) is 11.6 Å². The van der Waals surface area contributed by atoms with Gasteiger partial charge >= 0.3 is 6.18 Å². The van der Waals surface area contributed by atoms with Gasteiger partial charge in [0.2, 0.25) is 0 Å². The Balaban J connectivity index is 2.23. The molecule has 0 aliphatic carbocycles. The van der Waals surface area contributed by atoms with Crippen molar-refractivity contribution in [3.05, 3.63) is 65.2 Å². The SMILES string of the molecule is C[S+]([O-])Cc1ccccc1NC(=O)c1cccc(C(F)(F)F)c1. The quantitative estimate of drug-likeness (QED) is 0.859. The highest BCUT2D eigenvalue weighted by Crippen LogP contribution is 2.29. The zero-order valence-corrected chi connectivity index (χ0v) is 13.0. The monoisotopic (exact) mass is 341 g/mol. The van der Waals surface area contributed by atoms with Crippen molar-refractivity contribution in [3.63, 3.8) is 0 Å². The molecule has 1 unspecified atom stereocenters. The van der Waals surface area contributed by atoms with Crippen LogP contribution in [0.25, 0.3) is 0 Å². The van der Waals surface area contributed by atoms with E-state index < -0.39 is 28.8 Å². The lowest BCUT2D eigenvalue weighted by Gasteiger charge is -2.13. The first-order chi connectivity index (χ1) is 10.8. The fourth-order valence-electron chi connectivity index (χ4n) is 2.02. The number of halogens is 3. The highest BCUT2D eigenvalue weighted by Gasteiger charge is 2.30. The zero-order valence-electron chi connectivity index (χ0n) is 12.2. The van der Waals surface area contributed by atoms with Crippen LogP contribution >= 0.6 is 0 Å². The van der Waals surface area contributed by atoms with Gasteiger partial charge in [-0.1, -0.05) is 35.4 Å². The van der Waals surface area contributed by atoms with Crippen molar-refractivity contribution >= 4 is 22.8 Å². The zero-order chi connectivity index (χ0) is 17.0. The Morgan fingerprint density at radius 2 is 1.87 bits per heavy atom. The Labute approximate surface area is 134 Å². The molecule has 0 spiro atoms. The average Bonchev–Trinajstić information content (AvgIpc) is 2.48. The van der Waals surface area contributed by atoms with E-state index in [0.717, 1.165) is 12.1 Å². The topological polar surface area (TPSA) is 52.2 Å². The maximum atomic E-state index is 12.7. The minimum Gasteiger partial charge on any atom is -0.616 e. The molecule has 2 aromatic carbocycles. The molecule has 0 aromatic heterocycles. The van der Waals surface area contributed by atoms with Crippen LogP contribution in [0.2, 0.25) is 0 Å². The second kappa shape index (κ2) is 7.06. The van der Waals surface area contributed by atoms with E-state index in [1.165, 1.54) is 18.4 Å². The second-order valence-electron chi connectivity index (χ2n) is 4.91. The Morgan fingerprint density at radius 1 is 1.17 bits per heavy atom. The fourth-order valence-corrected chi connectivity index (χ4v) is 2.71. The van der Waals surface area contributed by atoms with Crippen LogP contribution in [-0.2, 0) is 23.1 Å². The summed E-state index contributed by atoms with van der Waals surface area (Å²) in [5.74, 6) is -0.399. The Bertz CT molecular complexity index is 702. The molecule has 0 saturated carbocycles. The number of benzene rings is 2. The van der Waals surface area contributed by atoms with E-state index >= 15 is 0 Å². The van der Waals surface area contributed by atoms with E-state index in [2.05, 4.69) is 5.32 Å². The fraction of sp³-hybridized carbons (Fsp3) is 0.188. The number of amides is 1. The van der Waals surface area contributed by atoms with E-state index in [9.17, 15) is 22.5 Å². The lowest BCUT2D eigenvalue weighted by molar-refractivity contribution is -0.137. The van der Waals surface area contributed by atoms with E-state index in [-0.39, 0.29) is 11.3 Å². The number of rotatable bonds is 4. The number of carbonyl (C=O) groups excluding carboxylic acids is 1. The highest BCUT2D eigenvalue weighted by atomic mass is 32.2. The smallest absolute Gasteiger partial charge is 0.416 e. The van der Waals surface area contributed by atoms with Crippen molar-refractivity contribution < 1.29 is 22.5 Å². The van der Waals surface area contributed by atoms with Gasteiger partial charge in [0.25, 0.3) is 5.91 Å². The molecule has 23 heavy (non-hydrogen) atoms. The van der Waals surface area contributed by atoms with Crippen LogP contribution < -0.4 is 5.32 Å². The van der Waals surface area contributed by atoms with Gasteiger partial charge in [-0.3, -0.25) is 4.79 Å². The van der Waals surface area contributed by atoms with E-state index in [4.69, 9.17) is 0 Å². The molecule has 0 bridgehead atoms. The minimum atomic E-state index is -4.51. The van der Waals surface area contributed by atoms with Crippen molar-refractivity contribution in [2.24, 2.45) is 0 Å². The van der Waals surface area contributed by atoms with Crippen molar-refractivity contribution in [2.45, 2.75) is 11.9 Å². The van der Waals surface area contributed by atoms with Gasteiger partial charge < -0.3 is 9.87 Å². The third-order valence-electron chi connectivity index (χ3n) is 3.08.